The molecule has 6 heteroatoms. The van der Waals surface area contributed by atoms with Crippen molar-refractivity contribution in [3.05, 3.63) is 24.0 Å². The summed E-state index contributed by atoms with van der Waals surface area (Å²) >= 11 is 0. The molecule has 0 aromatic heterocycles. The SMILES string of the molecule is Nc1cc(NC(=O)COCC2CCCCO2)ccc1F. The van der Waals surface area contributed by atoms with Crippen molar-refractivity contribution in [2.45, 2.75) is 25.4 Å². The molecule has 3 N–H and O–H groups in total. The lowest BCUT2D eigenvalue weighted by Crippen LogP contribution is -2.27. The average Bonchev–Trinajstić information content (AvgIpc) is 2.44. The van der Waals surface area contributed by atoms with Gasteiger partial charge >= 0.3 is 0 Å². The Morgan fingerprint density at radius 3 is 3.05 bits per heavy atom. The van der Waals surface area contributed by atoms with E-state index in [-0.39, 0.29) is 24.3 Å². The van der Waals surface area contributed by atoms with E-state index in [1.54, 1.807) is 0 Å². The number of carbonyl (C=O) groups is 1. The molecule has 0 bridgehead atoms. The van der Waals surface area contributed by atoms with Crippen molar-refractivity contribution in [2.24, 2.45) is 0 Å². The van der Waals surface area contributed by atoms with Crippen molar-refractivity contribution in [1.82, 2.24) is 0 Å². The largest absolute Gasteiger partial charge is 0.396 e. The molecule has 1 unspecified atom stereocenters. The third kappa shape index (κ3) is 4.47. The average molecular weight is 282 g/mol. The summed E-state index contributed by atoms with van der Waals surface area (Å²) in [5, 5.41) is 2.60. The molecule has 1 aliphatic rings. The molecule has 1 aromatic carbocycles. The Morgan fingerprint density at radius 1 is 1.50 bits per heavy atom. The first-order chi connectivity index (χ1) is 9.65. The van der Waals surface area contributed by atoms with E-state index in [9.17, 15) is 9.18 Å². The summed E-state index contributed by atoms with van der Waals surface area (Å²) in [6.45, 7) is 1.12. The van der Waals surface area contributed by atoms with Gasteiger partial charge in [-0.15, -0.1) is 0 Å². The maximum atomic E-state index is 13.0. The Kier molecular flexibility index (Phi) is 5.31. The molecule has 20 heavy (non-hydrogen) atoms. The number of nitrogens with two attached hydrogens (primary N) is 1. The molecular formula is C14H19FN2O3. The van der Waals surface area contributed by atoms with Crippen LogP contribution in [0.2, 0.25) is 0 Å². The van der Waals surface area contributed by atoms with Gasteiger partial charge in [-0.2, -0.15) is 0 Å². The number of benzene rings is 1. The first-order valence-corrected chi connectivity index (χ1v) is 6.69. The fourth-order valence-electron chi connectivity index (χ4n) is 2.04. The lowest BCUT2D eigenvalue weighted by atomic mass is 10.1. The Morgan fingerprint density at radius 2 is 2.35 bits per heavy atom. The number of anilines is 2. The Bertz CT molecular complexity index is 462. The maximum absolute atomic E-state index is 13.0. The van der Waals surface area contributed by atoms with Gasteiger partial charge in [0, 0.05) is 12.3 Å². The molecule has 1 saturated heterocycles. The lowest BCUT2D eigenvalue weighted by Gasteiger charge is -2.22. The molecule has 1 amide bonds. The van der Waals surface area contributed by atoms with Gasteiger partial charge in [-0.05, 0) is 37.5 Å². The van der Waals surface area contributed by atoms with Crippen LogP contribution in [-0.2, 0) is 14.3 Å². The smallest absolute Gasteiger partial charge is 0.250 e. The molecular weight excluding hydrogens is 263 g/mol. The molecule has 1 atom stereocenters. The second kappa shape index (κ2) is 7.21. The van der Waals surface area contributed by atoms with Crippen LogP contribution in [0.5, 0.6) is 0 Å². The number of hydrogen-bond donors (Lipinski definition) is 2. The highest BCUT2D eigenvalue weighted by Gasteiger charge is 2.14. The zero-order chi connectivity index (χ0) is 14.4. The molecule has 1 fully saturated rings. The van der Waals surface area contributed by atoms with Crippen LogP contribution in [0.15, 0.2) is 18.2 Å². The van der Waals surface area contributed by atoms with Crippen LogP contribution < -0.4 is 11.1 Å². The molecule has 5 nitrogen and oxygen atoms in total. The van der Waals surface area contributed by atoms with E-state index in [0.29, 0.717) is 12.3 Å². The summed E-state index contributed by atoms with van der Waals surface area (Å²) in [4.78, 5) is 11.6. The topological polar surface area (TPSA) is 73.6 Å². The van der Waals surface area contributed by atoms with Gasteiger partial charge in [-0.1, -0.05) is 0 Å². The zero-order valence-corrected chi connectivity index (χ0v) is 11.2. The third-order valence-corrected chi connectivity index (χ3v) is 3.09. The van der Waals surface area contributed by atoms with Crippen molar-refractivity contribution in [3.63, 3.8) is 0 Å². The van der Waals surface area contributed by atoms with E-state index in [2.05, 4.69) is 5.32 Å². The molecule has 110 valence electrons. The molecule has 1 heterocycles. The van der Waals surface area contributed by atoms with E-state index >= 15 is 0 Å². The molecule has 0 aliphatic carbocycles. The van der Waals surface area contributed by atoms with E-state index in [4.69, 9.17) is 15.2 Å². The first-order valence-electron chi connectivity index (χ1n) is 6.69. The van der Waals surface area contributed by atoms with Crippen LogP contribution in [0.25, 0.3) is 0 Å². The fourth-order valence-corrected chi connectivity index (χ4v) is 2.04. The molecule has 2 rings (SSSR count). The van der Waals surface area contributed by atoms with E-state index < -0.39 is 5.82 Å². The van der Waals surface area contributed by atoms with Crippen LogP contribution in [0, 0.1) is 5.82 Å². The van der Waals surface area contributed by atoms with Crippen LogP contribution in [0.4, 0.5) is 15.8 Å². The minimum atomic E-state index is -0.506. The highest BCUT2D eigenvalue weighted by Crippen LogP contribution is 2.16. The van der Waals surface area contributed by atoms with Crippen LogP contribution in [-0.4, -0.2) is 31.8 Å². The summed E-state index contributed by atoms with van der Waals surface area (Å²) in [6.07, 6.45) is 3.27. The first kappa shape index (κ1) is 14.7. The lowest BCUT2D eigenvalue weighted by molar-refractivity contribution is -0.122. The van der Waals surface area contributed by atoms with Crippen molar-refractivity contribution in [2.75, 3.05) is 30.9 Å². The number of amides is 1. The van der Waals surface area contributed by atoms with Crippen molar-refractivity contribution in [1.29, 1.82) is 0 Å². The number of nitrogens with one attached hydrogen (secondary N) is 1. The zero-order valence-electron chi connectivity index (χ0n) is 11.2. The highest BCUT2D eigenvalue weighted by molar-refractivity contribution is 5.92. The van der Waals surface area contributed by atoms with Crippen molar-refractivity contribution in [3.8, 4) is 0 Å². The van der Waals surface area contributed by atoms with Crippen molar-refractivity contribution < 1.29 is 18.7 Å². The number of carbonyl (C=O) groups excluding carboxylic acids is 1. The molecule has 0 saturated carbocycles. The van der Waals surface area contributed by atoms with Gasteiger partial charge in [0.2, 0.25) is 5.91 Å². The van der Waals surface area contributed by atoms with Crippen molar-refractivity contribution >= 4 is 17.3 Å². The van der Waals surface area contributed by atoms with Gasteiger partial charge in [0.15, 0.2) is 0 Å². The fraction of sp³-hybridized carbons (Fsp3) is 0.500. The summed E-state index contributed by atoms with van der Waals surface area (Å²) in [5.74, 6) is -0.805. The Hall–Kier alpha value is -1.66. The second-order valence-corrected chi connectivity index (χ2v) is 4.79. The van der Waals surface area contributed by atoms with Gasteiger partial charge < -0.3 is 20.5 Å². The monoisotopic (exact) mass is 282 g/mol. The highest BCUT2D eigenvalue weighted by atomic mass is 19.1. The second-order valence-electron chi connectivity index (χ2n) is 4.79. The number of nitrogen functional groups attached to an aromatic ring is 1. The number of halogens is 1. The summed E-state index contributed by atoms with van der Waals surface area (Å²) in [6, 6.07) is 4.03. The van der Waals surface area contributed by atoms with Crippen LogP contribution >= 0.6 is 0 Å². The minimum absolute atomic E-state index is 0.000626. The maximum Gasteiger partial charge on any atom is 0.250 e. The van der Waals surface area contributed by atoms with E-state index in [1.165, 1.54) is 18.2 Å². The number of hydrogen-bond acceptors (Lipinski definition) is 4. The minimum Gasteiger partial charge on any atom is -0.396 e. The Balaban J connectivity index is 1.70. The van der Waals surface area contributed by atoms with Gasteiger partial charge in [-0.25, -0.2) is 4.39 Å². The molecule has 0 spiro atoms. The normalized spacial score (nSPS) is 18.8. The predicted molar refractivity (Wildman–Crippen MR) is 73.9 cm³/mol. The van der Waals surface area contributed by atoms with E-state index in [0.717, 1.165) is 25.9 Å². The summed E-state index contributed by atoms with van der Waals surface area (Å²) in [7, 11) is 0. The van der Waals surface area contributed by atoms with Gasteiger partial charge in [-0.3, -0.25) is 4.79 Å². The van der Waals surface area contributed by atoms with Gasteiger partial charge in [0.05, 0.1) is 18.4 Å². The van der Waals surface area contributed by atoms with Gasteiger partial charge in [0.25, 0.3) is 0 Å². The molecule has 1 aromatic rings. The van der Waals surface area contributed by atoms with Crippen LogP contribution in [0.1, 0.15) is 19.3 Å². The number of rotatable bonds is 5. The third-order valence-electron chi connectivity index (χ3n) is 3.09. The standard InChI is InChI=1S/C14H19FN2O3/c15-12-5-4-10(7-13(12)16)17-14(18)9-19-8-11-3-1-2-6-20-11/h4-5,7,11H,1-3,6,8-9,16H2,(H,17,18). The molecule has 0 radical (unpaired) electrons. The summed E-state index contributed by atoms with van der Waals surface area (Å²) in [5.41, 5.74) is 5.87. The quantitative estimate of drug-likeness (QED) is 0.809. The summed E-state index contributed by atoms with van der Waals surface area (Å²) < 4.78 is 23.8. The van der Waals surface area contributed by atoms with Crippen LogP contribution in [0.3, 0.4) is 0 Å². The molecule has 1 aliphatic heterocycles. The Labute approximate surface area is 117 Å². The van der Waals surface area contributed by atoms with Gasteiger partial charge in [0.1, 0.15) is 12.4 Å². The predicted octanol–water partition coefficient (Wildman–Crippen LogP) is 1.93. The number of ether oxygens (including phenoxy) is 2. The van der Waals surface area contributed by atoms with E-state index in [1.807, 2.05) is 0 Å².